The van der Waals surface area contributed by atoms with Gasteiger partial charge in [0, 0.05) is 16.8 Å². The monoisotopic (exact) mass is 500 g/mol. The van der Waals surface area contributed by atoms with Gasteiger partial charge in [0.05, 0.1) is 4.90 Å². The van der Waals surface area contributed by atoms with Crippen molar-refractivity contribution in [3.63, 3.8) is 0 Å². The molecule has 8 nitrogen and oxygen atoms in total. The van der Waals surface area contributed by atoms with Gasteiger partial charge < -0.3 is 15.8 Å². The summed E-state index contributed by atoms with van der Waals surface area (Å²) < 4.78 is 29.3. The van der Waals surface area contributed by atoms with Crippen LogP contribution in [0.15, 0.2) is 108 Å². The number of hydrogen-bond donors (Lipinski definition) is 4. The van der Waals surface area contributed by atoms with E-state index in [-0.39, 0.29) is 10.7 Å². The summed E-state index contributed by atoms with van der Waals surface area (Å²) in [6.45, 7) is 0. The number of carbonyl (C=O) groups excluding carboxylic acids is 1. The number of nitrogens with two attached hydrogens (primary N) is 2. The van der Waals surface area contributed by atoms with E-state index in [9.17, 15) is 13.2 Å². The van der Waals surface area contributed by atoms with E-state index < -0.39 is 22.0 Å². The summed E-state index contributed by atoms with van der Waals surface area (Å²) in [6.07, 6.45) is -0.959. The summed E-state index contributed by atoms with van der Waals surface area (Å²) in [4.78, 5) is 13.3. The number of hydrogen-bond acceptors (Lipinski definition) is 5. The lowest BCUT2D eigenvalue weighted by atomic mass is 10.1. The van der Waals surface area contributed by atoms with Gasteiger partial charge in [-0.15, -0.1) is 0 Å². The molecule has 0 heterocycles. The van der Waals surface area contributed by atoms with Crippen LogP contribution in [0, 0.1) is 5.41 Å². The van der Waals surface area contributed by atoms with Gasteiger partial charge in [0.1, 0.15) is 11.6 Å². The second kappa shape index (κ2) is 10.4. The van der Waals surface area contributed by atoms with E-state index >= 15 is 0 Å². The molecule has 0 spiro atoms. The average Bonchev–Trinajstić information content (AvgIpc) is 2.88. The number of anilines is 1. The summed E-state index contributed by atoms with van der Waals surface area (Å²) in [7, 11) is -3.82. The minimum Gasteiger partial charge on any atom is -0.476 e. The molecule has 0 fully saturated rings. The highest BCUT2D eigenvalue weighted by atomic mass is 32.2. The van der Waals surface area contributed by atoms with E-state index in [1.54, 1.807) is 72.8 Å². The molecule has 0 saturated carbocycles. The smallest absolute Gasteiger partial charge is 0.270 e. The molecule has 4 aromatic rings. The highest BCUT2D eigenvalue weighted by Gasteiger charge is 2.23. The molecule has 0 radical (unpaired) electrons. The zero-order valence-electron chi connectivity index (χ0n) is 19.1. The molecule has 1 amide bonds. The molecule has 1 unspecified atom stereocenters. The molecule has 4 aromatic carbocycles. The normalized spacial score (nSPS) is 11.9. The number of sulfonamides is 1. The minimum absolute atomic E-state index is 0.0223. The lowest BCUT2D eigenvalue weighted by Gasteiger charge is -2.20. The van der Waals surface area contributed by atoms with Crippen LogP contribution in [-0.4, -0.2) is 20.2 Å². The van der Waals surface area contributed by atoms with Crippen molar-refractivity contribution in [3.8, 4) is 16.9 Å². The molecule has 0 saturated heterocycles. The molecular formula is C27H24N4O4S. The molecule has 182 valence electrons. The van der Waals surface area contributed by atoms with Crippen LogP contribution in [-0.2, 0) is 14.8 Å². The van der Waals surface area contributed by atoms with Crippen LogP contribution < -0.4 is 20.9 Å². The maximum Gasteiger partial charge on any atom is 0.270 e. The van der Waals surface area contributed by atoms with Gasteiger partial charge in [0.15, 0.2) is 0 Å². The number of amides is 1. The first-order valence-corrected chi connectivity index (χ1v) is 12.5. The molecule has 6 N–H and O–H groups in total. The minimum atomic E-state index is -3.82. The van der Waals surface area contributed by atoms with Gasteiger partial charge in [-0.2, -0.15) is 0 Å². The van der Waals surface area contributed by atoms with Gasteiger partial charge in [0.2, 0.25) is 16.1 Å². The van der Waals surface area contributed by atoms with E-state index in [1.807, 2.05) is 18.2 Å². The van der Waals surface area contributed by atoms with Gasteiger partial charge >= 0.3 is 0 Å². The molecule has 0 aromatic heterocycles. The Morgan fingerprint density at radius 1 is 0.833 bits per heavy atom. The lowest BCUT2D eigenvalue weighted by molar-refractivity contribution is -0.123. The predicted octanol–water partition coefficient (Wildman–Crippen LogP) is 4.04. The Bertz CT molecular complexity index is 1500. The van der Waals surface area contributed by atoms with Crippen LogP contribution in [0.3, 0.4) is 0 Å². The van der Waals surface area contributed by atoms with Crippen LogP contribution in [0.5, 0.6) is 5.75 Å². The molecule has 9 heteroatoms. The van der Waals surface area contributed by atoms with Gasteiger partial charge in [-0.3, -0.25) is 10.2 Å². The van der Waals surface area contributed by atoms with Gasteiger partial charge in [-0.1, -0.05) is 66.7 Å². The number of nitrogen functional groups attached to an aromatic ring is 1. The third-order valence-electron chi connectivity index (χ3n) is 5.39. The number of amidine groups is 1. The van der Waals surface area contributed by atoms with Crippen LogP contribution >= 0.6 is 0 Å². The third kappa shape index (κ3) is 5.96. The van der Waals surface area contributed by atoms with E-state index in [0.717, 1.165) is 5.56 Å². The van der Waals surface area contributed by atoms with Crippen LogP contribution in [0.1, 0.15) is 17.2 Å². The average molecular weight is 501 g/mol. The van der Waals surface area contributed by atoms with Gasteiger partial charge in [0.25, 0.3) is 5.91 Å². The SMILES string of the molecule is N=C(N)c1cccc(OC(C(=O)Nc2ccc(-c3cccc(S(N)(=O)=O)c3)cc2)c2ccccc2)c1. The molecular weight excluding hydrogens is 476 g/mol. The number of benzene rings is 4. The highest BCUT2D eigenvalue weighted by Crippen LogP contribution is 2.27. The van der Waals surface area contributed by atoms with E-state index in [1.165, 1.54) is 12.1 Å². The Hall–Kier alpha value is -4.47. The summed E-state index contributed by atoms with van der Waals surface area (Å²) >= 11 is 0. The fourth-order valence-corrected chi connectivity index (χ4v) is 4.14. The number of primary sulfonamides is 1. The summed E-state index contributed by atoms with van der Waals surface area (Å²) in [5, 5.41) is 15.7. The molecule has 1 atom stereocenters. The number of ether oxygens (including phenoxy) is 1. The summed E-state index contributed by atoms with van der Waals surface area (Å²) in [5.74, 6) is -0.0916. The fourth-order valence-electron chi connectivity index (χ4n) is 3.58. The summed E-state index contributed by atoms with van der Waals surface area (Å²) in [6, 6.07) is 29.1. The van der Waals surface area contributed by atoms with Crippen LogP contribution in [0.25, 0.3) is 11.1 Å². The van der Waals surface area contributed by atoms with Crippen molar-refractivity contribution in [2.45, 2.75) is 11.0 Å². The first-order chi connectivity index (χ1) is 17.2. The Balaban J connectivity index is 1.56. The lowest BCUT2D eigenvalue weighted by Crippen LogP contribution is -2.25. The Labute approximate surface area is 209 Å². The molecule has 36 heavy (non-hydrogen) atoms. The molecule has 4 rings (SSSR count). The second-order valence-electron chi connectivity index (χ2n) is 7.99. The Kier molecular flexibility index (Phi) is 7.14. The van der Waals surface area contributed by atoms with Crippen molar-refractivity contribution < 1.29 is 17.9 Å². The zero-order valence-corrected chi connectivity index (χ0v) is 19.9. The van der Waals surface area contributed by atoms with E-state index in [0.29, 0.717) is 28.1 Å². The first kappa shape index (κ1) is 24.6. The van der Waals surface area contributed by atoms with E-state index in [4.69, 9.17) is 21.0 Å². The molecule has 0 aliphatic rings. The molecule has 0 aliphatic carbocycles. The van der Waals surface area contributed by atoms with Crippen molar-refractivity contribution in [2.24, 2.45) is 10.9 Å². The highest BCUT2D eigenvalue weighted by molar-refractivity contribution is 7.89. The quantitative estimate of drug-likeness (QED) is 0.213. The second-order valence-corrected chi connectivity index (χ2v) is 9.55. The van der Waals surface area contributed by atoms with Crippen molar-refractivity contribution in [1.82, 2.24) is 0 Å². The maximum absolute atomic E-state index is 13.3. The maximum atomic E-state index is 13.3. The van der Waals surface area contributed by atoms with Crippen molar-refractivity contribution >= 4 is 27.5 Å². The third-order valence-corrected chi connectivity index (χ3v) is 6.30. The summed E-state index contributed by atoms with van der Waals surface area (Å²) in [5.41, 5.74) is 8.69. The van der Waals surface area contributed by atoms with Crippen molar-refractivity contribution in [3.05, 3.63) is 114 Å². The fraction of sp³-hybridized carbons (Fsp3) is 0.0370. The Morgan fingerprint density at radius 2 is 1.53 bits per heavy atom. The zero-order chi connectivity index (χ0) is 25.7. The van der Waals surface area contributed by atoms with Gasteiger partial charge in [-0.25, -0.2) is 13.6 Å². The number of rotatable bonds is 8. The standard InChI is InChI=1S/C27H24N4O4S/c28-26(29)21-9-4-10-23(16-21)35-25(19-6-2-1-3-7-19)27(32)31-22-14-12-18(13-15-22)20-8-5-11-24(17-20)36(30,33)34/h1-17,25H,(H3,28,29)(H,31,32)(H2,30,33,34). The van der Waals surface area contributed by atoms with Gasteiger partial charge in [-0.05, 0) is 47.5 Å². The van der Waals surface area contributed by atoms with Crippen molar-refractivity contribution in [2.75, 3.05) is 5.32 Å². The largest absolute Gasteiger partial charge is 0.476 e. The van der Waals surface area contributed by atoms with Crippen molar-refractivity contribution in [1.29, 1.82) is 5.41 Å². The van der Waals surface area contributed by atoms with Crippen LogP contribution in [0.4, 0.5) is 5.69 Å². The molecule has 0 aliphatic heterocycles. The topological polar surface area (TPSA) is 148 Å². The first-order valence-electron chi connectivity index (χ1n) is 10.9. The van der Waals surface area contributed by atoms with Crippen LogP contribution in [0.2, 0.25) is 0 Å². The molecule has 0 bridgehead atoms. The number of carbonyl (C=O) groups is 1. The van der Waals surface area contributed by atoms with E-state index in [2.05, 4.69) is 5.32 Å². The number of nitrogens with one attached hydrogen (secondary N) is 2. The predicted molar refractivity (Wildman–Crippen MR) is 139 cm³/mol. The Morgan fingerprint density at radius 3 is 2.19 bits per heavy atom.